The third-order valence-electron chi connectivity index (χ3n) is 4.03. The van der Waals surface area contributed by atoms with Gasteiger partial charge in [0, 0.05) is 33.2 Å². The maximum Gasteiger partial charge on any atom is 0.258 e. The lowest BCUT2D eigenvalue weighted by molar-refractivity contribution is -0.131. The number of hydrogen-bond donors (Lipinski definition) is 1. The summed E-state index contributed by atoms with van der Waals surface area (Å²) in [6.45, 7) is 3.58. The number of para-hydroxylation sites is 2. The molecule has 1 aromatic carbocycles. The van der Waals surface area contributed by atoms with Crippen molar-refractivity contribution in [2.75, 3.05) is 40.0 Å². The van der Waals surface area contributed by atoms with Crippen LogP contribution in [0.3, 0.4) is 0 Å². The van der Waals surface area contributed by atoms with Crippen molar-refractivity contribution >= 4 is 11.8 Å². The molecule has 1 N–H and O–H groups in total. The van der Waals surface area contributed by atoms with Crippen LogP contribution in [0, 0.1) is 0 Å². The summed E-state index contributed by atoms with van der Waals surface area (Å²) in [4.78, 5) is 25.3. The Labute approximate surface area is 148 Å². The molecule has 7 heteroatoms. The fourth-order valence-electron chi connectivity index (χ4n) is 2.67. The Hall–Kier alpha value is -2.28. The number of ether oxygens (including phenoxy) is 3. The highest BCUT2D eigenvalue weighted by Gasteiger charge is 2.20. The third kappa shape index (κ3) is 6.26. The van der Waals surface area contributed by atoms with Crippen LogP contribution < -0.4 is 14.8 Å². The van der Waals surface area contributed by atoms with Crippen molar-refractivity contribution in [2.45, 2.75) is 25.9 Å². The molecule has 25 heavy (non-hydrogen) atoms. The lowest BCUT2D eigenvalue weighted by atomic mass is 10.2. The van der Waals surface area contributed by atoms with Crippen molar-refractivity contribution < 1.29 is 23.8 Å². The molecule has 1 unspecified atom stereocenters. The van der Waals surface area contributed by atoms with Crippen LogP contribution in [0.25, 0.3) is 0 Å². The Kier molecular flexibility index (Phi) is 7.53. The molecule has 1 saturated heterocycles. The lowest BCUT2D eigenvalue weighted by Crippen LogP contribution is -2.42. The van der Waals surface area contributed by atoms with Crippen molar-refractivity contribution in [2.24, 2.45) is 0 Å². The zero-order chi connectivity index (χ0) is 18.1. The summed E-state index contributed by atoms with van der Waals surface area (Å²) in [6, 6.07) is 7.15. The van der Waals surface area contributed by atoms with Gasteiger partial charge in [0.15, 0.2) is 18.1 Å². The molecule has 0 aliphatic carbocycles. The second kappa shape index (κ2) is 9.88. The van der Waals surface area contributed by atoms with Gasteiger partial charge in [-0.05, 0) is 25.0 Å². The summed E-state index contributed by atoms with van der Waals surface area (Å²) in [5, 5.41) is 2.76. The minimum Gasteiger partial charge on any atom is -0.493 e. The summed E-state index contributed by atoms with van der Waals surface area (Å²) in [5.74, 6) is 0.833. The van der Waals surface area contributed by atoms with E-state index in [1.54, 1.807) is 24.1 Å². The van der Waals surface area contributed by atoms with Gasteiger partial charge in [0.05, 0.1) is 13.2 Å². The zero-order valence-electron chi connectivity index (χ0n) is 14.8. The number of methoxy groups -OCH3 is 1. The van der Waals surface area contributed by atoms with Gasteiger partial charge in [0.2, 0.25) is 5.91 Å². The van der Waals surface area contributed by atoms with Crippen molar-refractivity contribution in [1.82, 2.24) is 10.2 Å². The highest BCUT2D eigenvalue weighted by molar-refractivity contribution is 5.77. The van der Waals surface area contributed by atoms with Gasteiger partial charge >= 0.3 is 0 Å². The molecule has 1 aliphatic rings. The van der Waals surface area contributed by atoms with Crippen LogP contribution in [0.15, 0.2) is 24.3 Å². The predicted molar refractivity (Wildman–Crippen MR) is 92.7 cm³/mol. The molecular weight excluding hydrogens is 324 g/mol. The molecule has 0 radical (unpaired) electrons. The van der Waals surface area contributed by atoms with Gasteiger partial charge in [-0.1, -0.05) is 12.1 Å². The summed E-state index contributed by atoms with van der Waals surface area (Å²) in [6.07, 6.45) is 2.12. The van der Waals surface area contributed by atoms with Gasteiger partial charge in [-0.15, -0.1) is 0 Å². The molecule has 2 rings (SSSR count). The van der Waals surface area contributed by atoms with Crippen LogP contribution in [0.2, 0.25) is 0 Å². The standard InChI is InChI=1S/C18H26N2O5/c1-14(21)20(12-15-6-5-11-24-15)10-9-19-18(22)13-25-17-8-4-3-7-16(17)23-2/h3-4,7-8,15H,5-6,9-13H2,1-2H3,(H,19,22). The van der Waals surface area contributed by atoms with Crippen LogP contribution in [-0.2, 0) is 14.3 Å². The van der Waals surface area contributed by atoms with E-state index in [-0.39, 0.29) is 24.5 Å². The summed E-state index contributed by atoms with van der Waals surface area (Å²) in [7, 11) is 1.55. The molecule has 0 bridgehead atoms. The van der Waals surface area contributed by atoms with Gasteiger partial charge in [0.25, 0.3) is 5.91 Å². The molecule has 1 fully saturated rings. The predicted octanol–water partition coefficient (Wildman–Crippen LogP) is 1.22. The van der Waals surface area contributed by atoms with Crippen LogP contribution in [0.4, 0.5) is 0 Å². The first kappa shape index (κ1) is 19.1. The van der Waals surface area contributed by atoms with Gasteiger partial charge in [-0.2, -0.15) is 0 Å². The summed E-state index contributed by atoms with van der Waals surface area (Å²) < 4.78 is 16.2. The second-order valence-corrected chi connectivity index (χ2v) is 5.89. The Bertz CT molecular complexity index is 572. The Morgan fingerprint density at radius 2 is 2.08 bits per heavy atom. The molecule has 1 atom stereocenters. The second-order valence-electron chi connectivity index (χ2n) is 5.89. The van der Waals surface area contributed by atoms with Gasteiger partial charge in [-0.25, -0.2) is 0 Å². The van der Waals surface area contributed by atoms with E-state index in [0.717, 1.165) is 19.4 Å². The van der Waals surface area contributed by atoms with E-state index in [2.05, 4.69) is 5.32 Å². The van der Waals surface area contributed by atoms with Crippen LogP contribution in [0.5, 0.6) is 11.5 Å². The number of benzene rings is 1. The maximum absolute atomic E-state index is 11.9. The molecular formula is C18H26N2O5. The number of carbonyl (C=O) groups excluding carboxylic acids is 2. The molecule has 1 aromatic rings. The van der Waals surface area contributed by atoms with E-state index in [9.17, 15) is 9.59 Å². The quantitative estimate of drug-likeness (QED) is 0.725. The highest BCUT2D eigenvalue weighted by Crippen LogP contribution is 2.25. The number of nitrogens with one attached hydrogen (secondary N) is 1. The molecule has 0 aromatic heterocycles. The number of nitrogens with zero attached hydrogens (tertiary/aromatic N) is 1. The highest BCUT2D eigenvalue weighted by atomic mass is 16.5. The lowest BCUT2D eigenvalue weighted by Gasteiger charge is -2.24. The van der Waals surface area contributed by atoms with Crippen LogP contribution in [-0.4, -0.2) is 62.8 Å². The van der Waals surface area contributed by atoms with E-state index < -0.39 is 0 Å². The molecule has 7 nitrogen and oxygen atoms in total. The number of carbonyl (C=O) groups is 2. The molecule has 1 heterocycles. The largest absolute Gasteiger partial charge is 0.493 e. The zero-order valence-corrected chi connectivity index (χ0v) is 14.8. The maximum atomic E-state index is 11.9. The Balaban J connectivity index is 1.70. The molecule has 138 valence electrons. The topological polar surface area (TPSA) is 77.1 Å². The molecule has 0 spiro atoms. The summed E-state index contributed by atoms with van der Waals surface area (Å²) in [5.41, 5.74) is 0. The fraction of sp³-hybridized carbons (Fsp3) is 0.556. The van der Waals surface area contributed by atoms with E-state index in [4.69, 9.17) is 14.2 Å². The average molecular weight is 350 g/mol. The molecule has 0 saturated carbocycles. The van der Waals surface area contributed by atoms with Crippen molar-refractivity contribution in [3.63, 3.8) is 0 Å². The van der Waals surface area contributed by atoms with Gasteiger partial charge < -0.3 is 24.4 Å². The van der Waals surface area contributed by atoms with Crippen LogP contribution >= 0.6 is 0 Å². The first-order chi connectivity index (χ1) is 12.1. The van der Waals surface area contributed by atoms with Crippen molar-refractivity contribution in [1.29, 1.82) is 0 Å². The smallest absolute Gasteiger partial charge is 0.258 e. The third-order valence-corrected chi connectivity index (χ3v) is 4.03. The summed E-state index contributed by atoms with van der Waals surface area (Å²) >= 11 is 0. The van der Waals surface area contributed by atoms with Crippen molar-refractivity contribution in [3.05, 3.63) is 24.3 Å². The Morgan fingerprint density at radius 1 is 1.32 bits per heavy atom. The monoisotopic (exact) mass is 350 g/mol. The minimum atomic E-state index is -0.244. The fourth-order valence-corrected chi connectivity index (χ4v) is 2.67. The number of rotatable bonds is 9. The number of amides is 2. The SMILES string of the molecule is COc1ccccc1OCC(=O)NCCN(CC1CCCO1)C(C)=O. The van der Waals surface area contributed by atoms with E-state index in [1.165, 1.54) is 6.92 Å². The first-order valence-corrected chi connectivity index (χ1v) is 8.49. The van der Waals surface area contributed by atoms with Gasteiger partial charge in [0.1, 0.15) is 0 Å². The average Bonchev–Trinajstić information content (AvgIpc) is 3.12. The van der Waals surface area contributed by atoms with E-state index >= 15 is 0 Å². The van der Waals surface area contributed by atoms with E-state index in [0.29, 0.717) is 31.1 Å². The molecule has 1 aliphatic heterocycles. The van der Waals surface area contributed by atoms with Gasteiger partial charge in [-0.3, -0.25) is 9.59 Å². The first-order valence-electron chi connectivity index (χ1n) is 8.49. The minimum absolute atomic E-state index is 0.0185. The Morgan fingerprint density at radius 3 is 2.72 bits per heavy atom. The molecule has 2 amide bonds. The van der Waals surface area contributed by atoms with E-state index in [1.807, 2.05) is 12.1 Å². The van der Waals surface area contributed by atoms with Crippen LogP contribution in [0.1, 0.15) is 19.8 Å². The normalized spacial score (nSPS) is 16.3. The number of hydrogen-bond acceptors (Lipinski definition) is 5. The van der Waals surface area contributed by atoms with Crippen molar-refractivity contribution in [3.8, 4) is 11.5 Å².